The molecule has 0 unspecified atom stereocenters. The van der Waals surface area contributed by atoms with Gasteiger partial charge in [0, 0.05) is 6.42 Å². The average Bonchev–Trinajstić information content (AvgIpc) is 2.57. The van der Waals surface area contributed by atoms with E-state index in [1.165, 1.54) is 43.5 Å². The highest BCUT2D eigenvalue weighted by atomic mass is 19.1. The molecule has 6 heteroatoms. The fraction of sp³-hybridized carbons (Fsp3) is 0.222. The van der Waals surface area contributed by atoms with E-state index in [9.17, 15) is 18.4 Å². The Morgan fingerprint density at radius 2 is 1.75 bits per heavy atom. The molecule has 4 nitrogen and oxygen atoms in total. The summed E-state index contributed by atoms with van der Waals surface area (Å²) < 4.78 is 31.3. The zero-order valence-corrected chi connectivity index (χ0v) is 13.1. The number of methoxy groups -OCH3 is 1. The van der Waals surface area contributed by atoms with E-state index >= 15 is 0 Å². The molecule has 0 saturated heterocycles. The first-order chi connectivity index (χ1) is 11.5. The molecular weight excluding hydrogens is 316 g/mol. The molecule has 0 bridgehead atoms. The van der Waals surface area contributed by atoms with Gasteiger partial charge in [-0.25, -0.2) is 13.6 Å². The molecular formula is C18H17F2NO3. The number of esters is 1. The summed E-state index contributed by atoms with van der Waals surface area (Å²) in [7, 11) is 1.20. The second-order valence-electron chi connectivity index (χ2n) is 5.24. The second kappa shape index (κ2) is 8.19. The zero-order chi connectivity index (χ0) is 17.5. The lowest BCUT2D eigenvalue weighted by molar-refractivity contribution is -0.145. The molecule has 0 radical (unpaired) electrons. The third-order valence-corrected chi connectivity index (χ3v) is 3.48. The van der Waals surface area contributed by atoms with Crippen molar-refractivity contribution in [2.75, 3.05) is 7.11 Å². The van der Waals surface area contributed by atoms with E-state index in [1.54, 1.807) is 12.1 Å². The van der Waals surface area contributed by atoms with Crippen LogP contribution in [0.2, 0.25) is 0 Å². The fourth-order valence-electron chi connectivity index (χ4n) is 2.25. The summed E-state index contributed by atoms with van der Waals surface area (Å²) in [6, 6.07) is 10.5. The highest BCUT2D eigenvalue weighted by molar-refractivity contribution is 5.85. The highest BCUT2D eigenvalue weighted by Gasteiger charge is 2.23. The summed E-state index contributed by atoms with van der Waals surface area (Å²) in [6.07, 6.45) is -0.0421. The number of carbonyl (C=O) groups excluding carboxylic acids is 2. The Morgan fingerprint density at radius 3 is 2.38 bits per heavy atom. The molecule has 2 aromatic rings. The molecule has 24 heavy (non-hydrogen) atoms. The molecule has 1 atom stereocenters. The number of amides is 1. The molecule has 0 spiro atoms. The molecule has 0 aliphatic carbocycles. The maximum Gasteiger partial charge on any atom is 0.328 e. The molecule has 1 N–H and O–H groups in total. The van der Waals surface area contributed by atoms with E-state index in [-0.39, 0.29) is 12.8 Å². The van der Waals surface area contributed by atoms with Crippen molar-refractivity contribution in [1.29, 1.82) is 0 Å². The number of hydrogen-bond acceptors (Lipinski definition) is 3. The number of ether oxygens (including phenoxy) is 1. The predicted octanol–water partition coefficient (Wildman–Crippen LogP) is 2.41. The van der Waals surface area contributed by atoms with E-state index in [0.29, 0.717) is 11.1 Å². The normalized spacial score (nSPS) is 11.6. The topological polar surface area (TPSA) is 55.4 Å². The molecule has 1 amide bonds. The van der Waals surface area contributed by atoms with Gasteiger partial charge in [-0.15, -0.1) is 0 Å². The summed E-state index contributed by atoms with van der Waals surface area (Å²) in [5, 5.41) is 2.53. The van der Waals surface area contributed by atoms with Gasteiger partial charge in [0.05, 0.1) is 13.5 Å². The van der Waals surface area contributed by atoms with E-state index in [0.717, 1.165) is 0 Å². The molecule has 0 heterocycles. The van der Waals surface area contributed by atoms with Gasteiger partial charge in [0.2, 0.25) is 5.91 Å². The van der Waals surface area contributed by atoms with Crippen LogP contribution in [0.15, 0.2) is 48.5 Å². The zero-order valence-electron chi connectivity index (χ0n) is 13.1. The van der Waals surface area contributed by atoms with Crippen molar-refractivity contribution in [2.45, 2.75) is 18.9 Å². The van der Waals surface area contributed by atoms with Crippen molar-refractivity contribution in [2.24, 2.45) is 0 Å². The van der Waals surface area contributed by atoms with Crippen LogP contribution >= 0.6 is 0 Å². The lowest BCUT2D eigenvalue weighted by Gasteiger charge is -2.17. The minimum Gasteiger partial charge on any atom is -0.467 e. The van der Waals surface area contributed by atoms with Crippen LogP contribution < -0.4 is 5.32 Å². The third-order valence-electron chi connectivity index (χ3n) is 3.48. The van der Waals surface area contributed by atoms with Crippen LogP contribution in [-0.2, 0) is 27.2 Å². The Hall–Kier alpha value is -2.76. The van der Waals surface area contributed by atoms with Gasteiger partial charge in [0.1, 0.15) is 17.7 Å². The van der Waals surface area contributed by atoms with Gasteiger partial charge in [-0.3, -0.25) is 4.79 Å². The summed E-state index contributed by atoms with van der Waals surface area (Å²) in [5.74, 6) is -1.95. The Kier molecular flexibility index (Phi) is 6.01. The maximum atomic E-state index is 13.7. The van der Waals surface area contributed by atoms with Gasteiger partial charge in [0.15, 0.2) is 0 Å². The van der Waals surface area contributed by atoms with E-state index in [2.05, 4.69) is 10.1 Å². The molecule has 0 aliphatic heterocycles. The van der Waals surface area contributed by atoms with E-state index < -0.39 is 29.6 Å². The van der Waals surface area contributed by atoms with Crippen molar-refractivity contribution >= 4 is 11.9 Å². The predicted molar refractivity (Wildman–Crippen MR) is 84.2 cm³/mol. The van der Waals surface area contributed by atoms with Crippen LogP contribution in [0.3, 0.4) is 0 Å². The highest BCUT2D eigenvalue weighted by Crippen LogP contribution is 2.10. The largest absolute Gasteiger partial charge is 0.467 e. The Labute approximate surface area is 138 Å². The monoisotopic (exact) mass is 333 g/mol. The fourth-order valence-corrected chi connectivity index (χ4v) is 2.25. The molecule has 0 saturated carbocycles. The number of benzene rings is 2. The van der Waals surface area contributed by atoms with Gasteiger partial charge in [-0.2, -0.15) is 0 Å². The SMILES string of the molecule is COC(=O)[C@H](Cc1ccccc1F)NC(=O)Cc1ccc(F)cc1. The first-order valence-electron chi connectivity index (χ1n) is 7.34. The summed E-state index contributed by atoms with van der Waals surface area (Å²) in [6.45, 7) is 0. The van der Waals surface area contributed by atoms with Gasteiger partial charge < -0.3 is 10.1 Å². The van der Waals surface area contributed by atoms with Crippen molar-refractivity contribution < 1.29 is 23.1 Å². The summed E-state index contributed by atoms with van der Waals surface area (Å²) in [4.78, 5) is 23.9. The lowest BCUT2D eigenvalue weighted by atomic mass is 10.0. The van der Waals surface area contributed by atoms with Crippen LogP contribution in [-0.4, -0.2) is 25.0 Å². The van der Waals surface area contributed by atoms with Crippen molar-refractivity contribution in [1.82, 2.24) is 5.32 Å². The number of halogens is 2. The second-order valence-corrected chi connectivity index (χ2v) is 5.24. The number of rotatable bonds is 6. The van der Waals surface area contributed by atoms with Gasteiger partial charge in [-0.05, 0) is 29.3 Å². The van der Waals surface area contributed by atoms with Crippen molar-refractivity contribution in [3.05, 3.63) is 71.3 Å². The first-order valence-corrected chi connectivity index (χ1v) is 7.34. The Bertz CT molecular complexity index is 716. The number of hydrogen-bond donors (Lipinski definition) is 1. The minimum absolute atomic E-state index is 0.0193. The summed E-state index contributed by atoms with van der Waals surface area (Å²) >= 11 is 0. The van der Waals surface area contributed by atoms with Gasteiger partial charge >= 0.3 is 5.97 Å². The molecule has 0 fully saturated rings. The van der Waals surface area contributed by atoms with Crippen LogP contribution in [0.5, 0.6) is 0 Å². The van der Waals surface area contributed by atoms with E-state index in [1.807, 2.05) is 0 Å². The van der Waals surface area contributed by atoms with E-state index in [4.69, 9.17) is 0 Å². The smallest absolute Gasteiger partial charge is 0.328 e. The maximum absolute atomic E-state index is 13.7. The molecule has 126 valence electrons. The summed E-state index contributed by atoms with van der Waals surface area (Å²) in [5.41, 5.74) is 0.901. The number of nitrogens with one attached hydrogen (secondary N) is 1. The number of carbonyl (C=O) groups is 2. The standard InChI is InChI=1S/C18H17F2NO3/c1-24-18(23)16(11-13-4-2-3-5-15(13)20)21-17(22)10-12-6-8-14(19)9-7-12/h2-9,16H,10-11H2,1H3,(H,21,22)/t16-/m0/s1. The minimum atomic E-state index is -1.00. The van der Waals surface area contributed by atoms with Gasteiger partial charge in [-0.1, -0.05) is 30.3 Å². The Morgan fingerprint density at radius 1 is 1.08 bits per heavy atom. The third kappa shape index (κ3) is 4.87. The van der Waals surface area contributed by atoms with Crippen LogP contribution in [0.1, 0.15) is 11.1 Å². The van der Waals surface area contributed by atoms with Crippen molar-refractivity contribution in [3.8, 4) is 0 Å². The lowest BCUT2D eigenvalue weighted by Crippen LogP contribution is -2.43. The van der Waals surface area contributed by atoms with Gasteiger partial charge in [0.25, 0.3) is 0 Å². The Balaban J connectivity index is 2.05. The molecule has 0 aliphatic rings. The molecule has 0 aromatic heterocycles. The molecule has 2 rings (SSSR count). The molecule has 2 aromatic carbocycles. The van der Waals surface area contributed by atoms with Crippen LogP contribution in [0.25, 0.3) is 0 Å². The van der Waals surface area contributed by atoms with Crippen LogP contribution in [0, 0.1) is 11.6 Å². The average molecular weight is 333 g/mol. The first kappa shape index (κ1) is 17.6. The van der Waals surface area contributed by atoms with Crippen molar-refractivity contribution in [3.63, 3.8) is 0 Å². The quantitative estimate of drug-likeness (QED) is 0.826. The van der Waals surface area contributed by atoms with Crippen LogP contribution in [0.4, 0.5) is 8.78 Å².